The average molecular weight is 407 g/mol. The second kappa shape index (κ2) is 9.42. The molecule has 154 valence electrons. The number of hydrogen-bond donors (Lipinski definition) is 2. The third kappa shape index (κ3) is 5.05. The molecule has 8 heteroatoms. The number of carbonyl (C=O) groups is 2. The topological polar surface area (TPSA) is 103 Å². The number of carboxylic acid groups (broad SMARTS) is 1. The number of benzene rings is 2. The standard InChI is InChI=1S/C22H21N3O5/c1-25-16(11-12-23-25)14-30-19-9-7-15(13-20(19)29-2)8-10-21(26)24-18-6-4-3-5-17(18)22(27)28/h3-13H,14H2,1-2H3,(H,24,26)(H,27,28)/b10-8+. The summed E-state index contributed by atoms with van der Waals surface area (Å²) < 4.78 is 12.9. The molecule has 3 rings (SSSR count). The number of aromatic carboxylic acids is 1. The Morgan fingerprint density at radius 3 is 2.67 bits per heavy atom. The molecule has 2 aromatic carbocycles. The van der Waals surface area contributed by atoms with Gasteiger partial charge >= 0.3 is 5.97 Å². The van der Waals surface area contributed by atoms with Crippen LogP contribution >= 0.6 is 0 Å². The number of amides is 1. The van der Waals surface area contributed by atoms with E-state index >= 15 is 0 Å². The zero-order valence-corrected chi connectivity index (χ0v) is 16.5. The number of rotatable bonds is 8. The highest BCUT2D eigenvalue weighted by molar-refractivity contribution is 6.06. The lowest BCUT2D eigenvalue weighted by Crippen LogP contribution is -2.11. The summed E-state index contributed by atoms with van der Waals surface area (Å²) in [7, 11) is 3.37. The van der Waals surface area contributed by atoms with Crippen LogP contribution in [-0.4, -0.2) is 33.9 Å². The summed E-state index contributed by atoms with van der Waals surface area (Å²) in [4.78, 5) is 23.4. The van der Waals surface area contributed by atoms with E-state index in [-0.39, 0.29) is 11.3 Å². The molecule has 1 heterocycles. The van der Waals surface area contributed by atoms with Gasteiger partial charge in [-0.3, -0.25) is 9.48 Å². The number of para-hydroxylation sites is 1. The van der Waals surface area contributed by atoms with Gasteiger partial charge in [-0.1, -0.05) is 18.2 Å². The summed E-state index contributed by atoms with van der Waals surface area (Å²) in [5.74, 6) is -0.466. The number of aryl methyl sites for hydroxylation is 1. The Morgan fingerprint density at radius 2 is 1.97 bits per heavy atom. The highest BCUT2D eigenvalue weighted by Crippen LogP contribution is 2.29. The van der Waals surface area contributed by atoms with Gasteiger partial charge in [0.2, 0.25) is 5.91 Å². The molecule has 0 saturated carbocycles. The van der Waals surface area contributed by atoms with Crippen LogP contribution in [-0.2, 0) is 18.4 Å². The largest absolute Gasteiger partial charge is 0.493 e. The van der Waals surface area contributed by atoms with Crippen molar-refractivity contribution in [1.82, 2.24) is 9.78 Å². The number of nitrogens with one attached hydrogen (secondary N) is 1. The molecule has 1 amide bonds. The fraction of sp³-hybridized carbons (Fsp3) is 0.136. The van der Waals surface area contributed by atoms with Gasteiger partial charge in [-0.2, -0.15) is 5.10 Å². The van der Waals surface area contributed by atoms with Crippen molar-refractivity contribution in [2.45, 2.75) is 6.61 Å². The summed E-state index contributed by atoms with van der Waals surface area (Å²) in [6.45, 7) is 0.341. The molecule has 0 fully saturated rings. The van der Waals surface area contributed by atoms with Crippen LogP contribution in [0.25, 0.3) is 6.08 Å². The van der Waals surface area contributed by atoms with E-state index in [0.717, 1.165) is 11.3 Å². The smallest absolute Gasteiger partial charge is 0.337 e. The third-order valence-electron chi connectivity index (χ3n) is 4.33. The highest BCUT2D eigenvalue weighted by atomic mass is 16.5. The molecule has 0 spiro atoms. The first kappa shape index (κ1) is 20.7. The molecule has 0 atom stereocenters. The van der Waals surface area contributed by atoms with E-state index in [2.05, 4.69) is 10.4 Å². The lowest BCUT2D eigenvalue weighted by atomic mass is 10.1. The van der Waals surface area contributed by atoms with Crippen molar-refractivity contribution in [3.63, 3.8) is 0 Å². The number of aromatic nitrogens is 2. The van der Waals surface area contributed by atoms with Gasteiger partial charge in [0.05, 0.1) is 24.1 Å². The van der Waals surface area contributed by atoms with E-state index in [1.807, 2.05) is 13.1 Å². The summed E-state index contributed by atoms with van der Waals surface area (Å²) in [6.07, 6.45) is 4.62. The van der Waals surface area contributed by atoms with Crippen molar-refractivity contribution < 1.29 is 24.2 Å². The van der Waals surface area contributed by atoms with Crippen molar-refractivity contribution in [3.05, 3.63) is 77.6 Å². The number of ether oxygens (including phenoxy) is 2. The van der Waals surface area contributed by atoms with Crippen LogP contribution in [0.1, 0.15) is 21.6 Å². The summed E-state index contributed by atoms with van der Waals surface area (Å²) >= 11 is 0. The zero-order valence-electron chi connectivity index (χ0n) is 16.5. The minimum atomic E-state index is -1.11. The van der Waals surface area contributed by atoms with Crippen LogP contribution in [0.15, 0.2) is 60.8 Å². The Labute approximate surface area is 173 Å². The van der Waals surface area contributed by atoms with E-state index in [4.69, 9.17) is 9.47 Å². The molecule has 0 aliphatic carbocycles. The zero-order chi connectivity index (χ0) is 21.5. The number of anilines is 1. The van der Waals surface area contributed by atoms with Crippen molar-refractivity contribution in [3.8, 4) is 11.5 Å². The molecule has 0 bridgehead atoms. The van der Waals surface area contributed by atoms with Crippen LogP contribution in [0, 0.1) is 0 Å². The van der Waals surface area contributed by atoms with Crippen LogP contribution < -0.4 is 14.8 Å². The van der Waals surface area contributed by atoms with Gasteiger partial charge in [0, 0.05) is 19.3 Å². The van der Waals surface area contributed by atoms with Crippen molar-refractivity contribution >= 4 is 23.6 Å². The molecule has 1 aromatic heterocycles. The van der Waals surface area contributed by atoms with E-state index in [1.165, 1.54) is 25.3 Å². The Bertz CT molecular complexity index is 1090. The Hall–Kier alpha value is -4.07. The maximum Gasteiger partial charge on any atom is 0.337 e. The number of nitrogens with zero attached hydrogens (tertiary/aromatic N) is 2. The molecule has 3 aromatic rings. The highest BCUT2D eigenvalue weighted by Gasteiger charge is 2.11. The van der Waals surface area contributed by atoms with E-state index < -0.39 is 11.9 Å². The predicted molar refractivity (Wildman–Crippen MR) is 112 cm³/mol. The van der Waals surface area contributed by atoms with Crippen LogP contribution in [0.2, 0.25) is 0 Å². The van der Waals surface area contributed by atoms with Gasteiger partial charge in [-0.15, -0.1) is 0 Å². The molecule has 30 heavy (non-hydrogen) atoms. The van der Waals surface area contributed by atoms with E-state index in [0.29, 0.717) is 18.1 Å². The van der Waals surface area contributed by atoms with Crippen LogP contribution in [0.3, 0.4) is 0 Å². The monoisotopic (exact) mass is 407 g/mol. The number of carboxylic acids is 1. The fourth-order valence-corrected chi connectivity index (χ4v) is 2.73. The first-order chi connectivity index (χ1) is 14.5. The second-order valence-corrected chi connectivity index (χ2v) is 6.32. The molecule has 0 radical (unpaired) electrons. The molecular weight excluding hydrogens is 386 g/mol. The quantitative estimate of drug-likeness (QED) is 0.555. The number of carbonyl (C=O) groups excluding carboxylic acids is 1. The third-order valence-corrected chi connectivity index (χ3v) is 4.33. The van der Waals surface area contributed by atoms with Gasteiger partial charge in [0.1, 0.15) is 6.61 Å². The van der Waals surface area contributed by atoms with Gasteiger partial charge in [0.15, 0.2) is 11.5 Å². The minimum absolute atomic E-state index is 0.0239. The van der Waals surface area contributed by atoms with Gasteiger partial charge < -0.3 is 19.9 Å². The predicted octanol–water partition coefficient (Wildman–Crippen LogP) is 3.36. The molecule has 0 unspecified atom stereocenters. The van der Waals surface area contributed by atoms with Gasteiger partial charge in [-0.05, 0) is 42.0 Å². The average Bonchev–Trinajstić information content (AvgIpc) is 3.16. The van der Waals surface area contributed by atoms with E-state index in [9.17, 15) is 14.7 Å². The van der Waals surface area contributed by atoms with Crippen molar-refractivity contribution in [1.29, 1.82) is 0 Å². The summed E-state index contributed by atoms with van der Waals surface area (Å²) in [6, 6.07) is 13.4. The molecule has 0 aliphatic rings. The molecular formula is C22H21N3O5. The first-order valence-corrected chi connectivity index (χ1v) is 9.07. The van der Waals surface area contributed by atoms with Gasteiger partial charge in [0.25, 0.3) is 0 Å². The molecule has 2 N–H and O–H groups in total. The van der Waals surface area contributed by atoms with Crippen molar-refractivity contribution in [2.75, 3.05) is 12.4 Å². The molecule has 0 aliphatic heterocycles. The summed E-state index contributed by atoms with van der Waals surface area (Å²) in [5.41, 5.74) is 1.90. The lowest BCUT2D eigenvalue weighted by molar-refractivity contribution is -0.111. The number of methoxy groups -OCH3 is 1. The minimum Gasteiger partial charge on any atom is -0.493 e. The van der Waals surface area contributed by atoms with Crippen LogP contribution in [0.4, 0.5) is 5.69 Å². The summed E-state index contributed by atoms with van der Waals surface area (Å²) in [5, 5.41) is 15.9. The van der Waals surface area contributed by atoms with Gasteiger partial charge in [-0.25, -0.2) is 4.79 Å². The fourth-order valence-electron chi connectivity index (χ4n) is 2.73. The molecule has 0 saturated heterocycles. The lowest BCUT2D eigenvalue weighted by Gasteiger charge is -2.11. The maximum absolute atomic E-state index is 12.2. The number of hydrogen-bond acceptors (Lipinski definition) is 5. The normalized spacial score (nSPS) is 10.7. The maximum atomic E-state index is 12.2. The Morgan fingerprint density at radius 1 is 1.17 bits per heavy atom. The SMILES string of the molecule is COc1cc(/C=C/C(=O)Nc2ccccc2C(=O)O)ccc1OCc1ccnn1C. The second-order valence-electron chi connectivity index (χ2n) is 6.32. The van der Waals surface area contributed by atoms with E-state index in [1.54, 1.807) is 47.3 Å². The van der Waals surface area contributed by atoms with Crippen LogP contribution in [0.5, 0.6) is 11.5 Å². The van der Waals surface area contributed by atoms with Crippen molar-refractivity contribution in [2.24, 2.45) is 7.05 Å². The molecule has 8 nitrogen and oxygen atoms in total. The first-order valence-electron chi connectivity index (χ1n) is 9.07. The Balaban J connectivity index is 1.67. The Kier molecular flexibility index (Phi) is 6.49.